The van der Waals surface area contributed by atoms with Crippen molar-refractivity contribution in [3.63, 3.8) is 0 Å². The van der Waals surface area contributed by atoms with Gasteiger partial charge in [-0.1, -0.05) is 11.6 Å². The zero-order chi connectivity index (χ0) is 15.5. The van der Waals surface area contributed by atoms with Gasteiger partial charge in [-0.2, -0.15) is 0 Å². The van der Waals surface area contributed by atoms with E-state index in [0.717, 1.165) is 23.9 Å². The van der Waals surface area contributed by atoms with Gasteiger partial charge in [0, 0.05) is 4.88 Å². The normalized spacial score (nSPS) is 11.6. The summed E-state index contributed by atoms with van der Waals surface area (Å²) in [5.74, 6) is -0.557. The van der Waals surface area contributed by atoms with Crippen LogP contribution in [0.5, 0.6) is 0 Å². The molecular weight excluding hydrogens is 335 g/mol. The summed E-state index contributed by atoms with van der Waals surface area (Å²) >= 11 is 7.05. The Morgan fingerprint density at radius 2 is 2.05 bits per heavy atom. The van der Waals surface area contributed by atoms with Crippen LogP contribution in [0.2, 0.25) is 5.02 Å². The average Bonchev–Trinajstić information content (AvgIpc) is 2.90. The predicted octanol–water partition coefficient (Wildman–Crippen LogP) is 3.10. The van der Waals surface area contributed by atoms with Crippen LogP contribution in [0.3, 0.4) is 0 Å². The molecule has 1 aromatic heterocycles. The summed E-state index contributed by atoms with van der Waals surface area (Å²) in [7, 11) is -1.93. The fourth-order valence-electron chi connectivity index (χ4n) is 1.66. The highest BCUT2D eigenvalue weighted by Crippen LogP contribution is 2.28. The smallest absolute Gasteiger partial charge is 0.271 e. The van der Waals surface area contributed by atoms with Gasteiger partial charge in [0.25, 0.3) is 10.0 Å². The molecule has 0 bridgehead atoms. The van der Waals surface area contributed by atoms with Crippen molar-refractivity contribution in [2.75, 3.05) is 18.3 Å². The Morgan fingerprint density at radius 1 is 1.29 bits per heavy atom. The fourth-order valence-corrected chi connectivity index (χ4v) is 4.30. The molecule has 8 heteroatoms. The first-order chi connectivity index (χ1) is 9.92. The van der Waals surface area contributed by atoms with E-state index < -0.39 is 15.8 Å². The third-order valence-corrected chi connectivity index (χ3v) is 6.03. The number of hydrogen-bond donors (Lipinski definition) is 2. The van der Waals surface area contributed by atoms with Crippen LogP contribution in [0.25, 0.3) is 0 Å². The molecule has 0 saturated carbocycles. The minimum Gasteiger partial charge on any atom is -0.319 e. The van der Waals surface area contributed by atoms with Crippen LogP contribution in [-0.2, 0) is 16.4 Å². The summed E-state index contributed by atoms with van der Waals surface area (Å²) in [5.41, 5.74) is 0.0295. The van der Waals surface area contributed by atoms with Gasteiger partial charge in [-0.3, -0.25) is 4.72 Å². The molecule has 0 aliphatic carbocycles. The van der Waals surface area contributed by atoms with Crippen LogP contribution >= 0.6 is 22.9 Å². The summed E-state index contributed by atoms with van der Waals surface area (Å²) in [6.45, 7) is 0.767. The molecule has 0 aliphatic heterocycles. The van der Waals surface area contributed by atoms with Crippen LogP contribution in [0.1, 0.15) is 4.88 Å². The van der Waals surface area contributed by atoms with Gasteiger partial charge in [0.1, 0.15) is 10.0 Å². The lowest BCUT2D eigenvalue weighted by molar-refractivity contribution is 0.603. The second-order valence-corrected chi connectivity index (χ2v) is 7.79. The molecule has 0 spiro atoms. The second kappa shape index (κ2) is 6.74. The first-order valence-electron chi connectivity index (χ1n) is 6.13. The molecule has 1 aromatic carbocycles. The molecule has 114 valence electrons. The number of thiophene rings is 1. The standard InChI is InChI=1S/C13H14ClFN2O2S2/c1-16-7-6-10-3-5-13(20-10)21(18,19)17-12-8-9(15)2-4-11(12)14/h2-5,8,16-17H,6-7H2,1H3. The third kappa shape index (κ3) is 4.16. The van der Waals surface area contributed by atoms with E-state index >= 15 is 0 Å². The summed E-state index contributed by atoms with van der Waals surface area (Å²) in [5, 5.41) is 3.15. The zero-order valence-corrected chi connectivity index (χ0v) is 13.6. The molecule has 1 heterocycles. The van der Waals surface area contributed by atoms with Crippen LogP contribution < -0.4 is 10.0 Å². The number of nitrogens with one attached hydrogen (secondary N) is 2. The number of halogens is 2. The maximum absolute atomic E-state index is 13.2. The van der Waals surface area contributed by atoms with E-state index in [9.17, 15) is 12.8 Å². The van der Waals surface area contributed by atoms with E-state index in [1.807, 2.05) is 7.05 Å². The largest absolute Gasteiger partial charge is 0.319 e. The monoisotopic (exact) mass is 348 g/mol. The molecule has 2 N–H and O–H groups in total. The van der Waals surface area contributed by atoms with Gasteiger partial charge in [0.05, 0.1) is 10.7 Å². The van der Waals surface area contributed by atoms with Crippen molar-refractivity contribution in [3.05, 3.63) is 46.0 Å². The van der Waals surface area contributed by atoms with E-state index in [4.69, 9.17) is 11.6 Å². The second-order valence-electron chi connectivity index (χ2n) is 4.30. The van der Waals surface area contributed by atoms with E-state index in [1.54, 1.807) is 6.07 Å². The lowest BCUT2D eigenvalue weighted by Gasteiger charge is -2.08. The highest BCUT2D eigenvalue weighted by molar-refractivity contribution is 7.94. The highest BCUT2D eigenvalue weighted by Gasteiger charge is 2.18. The zero-order valence-electron chi connectivity index (χ0n) is 11.2. The van der Waals surface area contributed by atoms with Crippen molar-refractivity contribution >= 4 is 38.6 Å². The molecule has 2 aromatic rings. The minimum atomic E-state index is -3.76. The Hall–Kier alpha value is -1.15. The average molecular weight is 349 g/mol. The number of sulfonamides is 1. The SMILES string of the molecule is CNCCc1ccc(S(=O)(=O)Nc2cc(F)ccc2Cl)s1. The molecule has 0 unspecified atom stereocenters. The molecule has 0 fully saturated rings. The lowest BCUT2D eigenvalue weighted by atomic mass is 10.3. The van der Waals surface area contributed by atoms with Crippen LogP contribution in [0.15, 0.2) is 34.5 Å². The van der Waals surface area contributed by atoms with Crippen LogP contribution in [-0.4, -0.2) is 22.0 Å². The molecule has 4 nitrogen and oxygen atoms in total. The van der Waals surface area contributed by atoms with Gasteiger partial charge >= 0.3 is 0 Å². The van der Waals surface area contributed by atoms with E-state index in [1.165, 1.54) is 29.5 Å². The van der Waals surface area contributed by atoms with Gasteiger partial charge in [0.2, 0.25) is 0 Å². The maximum Gasteiger partial charge on any atom is 0.271 e. The summed E-state index contributed by atoms with van der Waals surface area (Å²) in [6.07, 6.45) is 0.747. The highest BCUT2D eigenvalue weighted by atomic mass is 35.5. The molecule has 0 radical (unpaired) electrons. The van der Waals surface area contributed by atoms with Gasteiger partial charge in [-0.25, -0.2) is 12.8 Å². The molecule has 21 heavy (non-hydrogen) atoms. The molecular formula is C13H14ClFN2O2S2. The number of benzene rings is 1. The number of likely N-dealkylation sites (N-methyl/N-ethyl adjacent to an activating group) is 1. The molecule has 2 rings (SSSR count). The number of anilines is 1. The van der Waals surface area contributed by atoms with E-state index in [0.29, 0.717) is 0 Å². The van der Waals surface area contributed by atoms with Crippen LogP contribution in [0.4, 0.5) is 10.1 Å². The van der Waals surface area contributed by atoms with Crippen molar-refractivity contribution < 1.29 is 12.8 Å². The van der Waals surface area contributed by atoms with Crippen molar-refractivity contribution in [2.45, 2.75) is 10.6 Å². The number of rotatable bonds is 6. The van der Waals surface area contributed by atoms with Gasteiger partial charge < -0.3 is 5.32 Å². The minimum absolute atomic E-state index is 0.0295. The van der Waals surface area contributed by atoms with Crippen molar-refractivity contribution in [3.8, 4) is 0 Å². The van der Waals surface area contributed by atoms with Gasteiger partial charge in [-0.15, -0.1) is 11.3 Å². The Balaban J connectivity index is 2.22. The van der Waals surface area contributed by atoms with Crippen LogP contribution in [0, 0.1) is 5.82 Å². The number of hydrogen-bond acceptors (Lipinski definition) is 4. The summed E-state index contributed by atoms with van der Waals surface area (Å²) in [4.78, 5) is 0.954. The van der Waals surface area contributed by atoms with Gasteiger partial charge in [-0.05, 0) is 50.3 Å². The molecule has 0 amide bonds. The predicted molar refractivity (Wildman–Crippen MR) is 84.2 cm³/mol. The van der Waals surface area contributed by atoms with E-state index in [2.05, 4.69) is 10.0 Å². The quantitative estimate of drug-likeness (QED) is 0.843. The van der Waals surface area contributed by atoms with Crippen molar-refractivity contribution in [1.29, 1.82) is 0 Å². The van der Waals surface area contributed by atoms with E-state index in [-0.39, 0.29) is 14.9 Å². The maximum atomic E-state index is 13.2. The summed E-state index contributed by atoms with van der Waals surface area (Å²) in [6, 6.07) is 6.83. The van der Waals surface area contributed by atoms with Crippen molar-refractivity contribution in [1.82, 2.24) is 5.32 Å². The Labute approximate surface area is 132 Å². The fraction of sp³-hybridized carbons (Fsp3) is 0.231. The third-order valence-electron chi connectivity index (χ3n) is 2.70. The first-order valence-corrected chi connectivity index (χ1v) is 8.81. The molecule has 0 atom stereocenters. The Morgan fingerprint density at radius 3 is 2.76 bits per heavy atom. The Kier molecular flexibility index (Phi) is 5.21. The van der Waals surface area contributed by atoms with Crippen molar-refractivity contribution in [2.24, 2.45) is 0 Å². The van der Waals surface area contributed by atoms with Gasteiger partial charge in [0.15, 0.2) is 0 Å². The molecule has 0 saturated heterocycles. The Bertz CT molecular complexity index is 732. The summed E-state index contributed by atoms with van der Waals surface area (Å²) < 4.78 is 40.2. The molecule has 0 aliphatic rings. The lowest BCUT2D eigenvalue weighted by Crippen LogP contribution is -2.12. The topological polar surface area (TPSA) is 58.2 Å². The first kappa shape index (κ1) is 16.2.